The Hall–Kier alpha value is -1.40. The first-order chi connectivity index (χ1) is 9.91. The third kappa shape index (κ3) is 2.96. The van der Waals surface area contributed by atoms with Gasteiger partial charge in [0.15, 0.2) is 0 Å². The van der Waals surface area contributed by atoms with Gasteiger partial charge in [-0.15, -0.1) is 0 Å². The lowest BCUT2D eigenvalue weighted by Gasteiger charge is -2.21. The minimum Gasteiger partial charge on any atom is -0.480 e. The number of benzene rings is 1. The number of rotatable bonds is 5. The number of carbonyl (C=O) groups is 1. The summed E-state index contributed by atoms with van der Waals surface area (Å²) in [6.07, 6.45) is 2.58. The van der Waals surface area contributed by atoms with Crippen molar-refractivity contribution in [2.24, 2.45) is 0 Å². The van der Waals surface area contributed by atoms with Crippen LogP contribution < -0.4 is 0 Å². The molecule has 1 aliphatic heterocycles. The summed E-state index contributed by atoms with van der Waals surface area (Å²) < 4.78 is 26.5. The minimum absolute atomic E-state index is 0.199. The molecule has 0 aliphatic carbocycles. The highest BCUT2D eigenvalue weighted by atomic mass is 32.2. The molecule has 1 aliphatic rings. The van der Waals surface area contributed by atoms with Crippen LogP contribution in [-0.4, -0.2) is 36.4 Å². The van der Waals surface area contributed by atoms with Crippen LogP contribution in [0.2, 0.25) is 0 Å². The molecule has 0 aromatic heterocycles. The molecule has 5 nitrogen and oxygen atoms in total. The van der Waals surface area contributed by atoms with Crippen molar-refractivity contribution in [2.45, 2.75) is 50.5 Å². The molecule has 21 heavy (non-hydrogen) atoms. The third-order valence-corrected chi connectivity index (χ3v) is 5.94. The highest BCUT2D eigenvalue weighted by Gasteiger charge is 2.39. The summed E-state index contributed by atoms with van der Waals surface area (Å²) in [5.41, 5.74) is 2.14. The number of hydrogen-bond donors (Lipinski definition) is 1. The highest BCUT2D eigenvalue weighted by Crippen LogP contribution is 2.27. The molecule has 1 fully saturated rings. The molecular formula is C15H21NO4S. The normalized spacial score (nSPS) is 19.8. The average Bonchev–Trinajstić information content (AvgIpc) is 2.96. The van der Waals surface area contributed by atoms with E-state index in [1.54, 1.807) is 12.1 Å². The summed E-state index contributed by atoms with van der Waals surface area (Å²) in [4.78, 5) is 11.4. The Morgan fingerprint density at radius 1 is 1.29 bits per heavy atom. The molecule has 6 heteroatoms. The minimum atomic E-state index is -3.74. The van der Waals surface area contributed by atoms with Crippen LogP contribution in [0.3, 0.4) is 0 Å². The molecule has 1 N–H and O–H groups in total. The Labute approximate surface area is 125 Å². The first-order valence-corrected chi connectivity index (χ1v) is 8.72. The largest absolute Gasteiger partial charge is 0.480 e. The standard InChI is InChI=1S/C15H21NO4S/c1-3-11-7-8-13(10-12(11)4-2)21(19,20)16-9-5-6-14(16)15(17)18/h7-8,10,14H,3-6,9H2,1-2H3,(H,17,18). The maximum atomic E-state index is 12.7. The van der Waals surface area contributed by atoms with E-state index >= 15 is 0 Å². The summed E-state index contributed by atoms with van der Waals surface area (Å²) in [5, 5.41) is 9.17. The molecule has 0 spiro atoms. The second kappa shape index (κ2) is 6.15. The van der Waals surface area contributed by atoms with Crippen LogP contribution in [0.4, 0.5) is 0 Å². The highest BCUT2D eigenvalue weighted by molar-refractivity contribution is 7.89. The maximum Gasteiger partial charge on any atom is 0.322 e. The van der Waals surface area contributed by atoms with Crippen molar-refractivity contribution < 1.29 is 18.3 Å². The topological polar surface area (TPSA) is 74.7 Å². The molecule has 0 bridgehead atoms. The number of carboxylic acid groups (broad SMARTS) is 1. The van der Waals surface area contributed by atoms with Crippen LogP contribution in [0.15, 0.2) is 23.1 Å². The molecule has 0 saturated carbocycles. The van der Waals surface area contributed by atoms with Gasteiger partial charge in [0.05, 0.1) is 4.90 Å². The molecule has 1 heterocycles. The van der Waals surface area contributed by atoms with Gasteiger partial charge in [-0.25, -0.2) is 8.42 Å². The van der Waals surface area contributed by atoms with Gasteiger partial charge in [0.1, 0.15) is 6.04 Å². The lowest BCUT2D eigenvalue weighted by molar-refractivity contribution is -0.140. The predicted octanol–water partition coefficient (Wildman–Crippen LogP) is 2.05. The van der Waals surface area contributed by atoms with E-state index in [1.165, 1.54) is 0 Å². The van der Waals surface area contributed by atoms with Crippen LogP contribution >= 0.6 is 0 Å². The van der Waals surface area contributed by atoms with E-state index in [0.29, 0.717) is 12.8 Å². The molecule has 1 unspecified atom stereocenters. The summed E-state index contributed by atoms with van der Waals surface area (Å²) in [7, 11) is -3.74. The van der Waals surface area contributed by atoms with Crippen LogP contribution in [0.25, 0.3) is 0 Å². The molecule has 0 amide bonds. The van der Waals surface area contributed by atoms with Crippen molar-refractivity contribution in [1.29, 1.82) is 0 Å². The van der Waals surface area contributed by atoms with Gasteiger partial charge in [-0.1, -0.05) is 19.9 Å². The van der Waals surface area contributed by atoms with E-state index in [-0.39, 0.29) is 11.4 Å². The lowest BCUT2D eigenvalue weighted by Crippen LogP contribution is -2.40. The number of aryl methyl sites for hydroxylation is 2. The van der Waals surface area contributed by atoms with Gasteiger partial charge in [-0.05, 0) is 48.9 Å². The van der Waals surface area contributed by atoms with E-state index in [4.69, 9.17) is 0 Å². The molecule has 1 aromatic carbocycles. The molecule has 1 aromatic rings. The lowest BCUT2D eigenvalue weighted by atomic mass is 10.0. The van der Waals surface area contributed by atoms with Crippen molar-refractivity contribution in [3.63, 3.8) is 0 Å². The summed E-state index contributed by atoms with van der Waals surface area (Å²) in [5.74, 6) is -1.07. The zero-order valence-electron chi connectivity index (χ0n) is 12.4. The molecular weight excluding hydrogens is 290 g/mol. The van der Waals surface area contributed by atoms with E-state index < -0.39 is 22.0 Å². The van der Waals surface area contributed by atoms with E-state index in [9.17, 15) is 18.3 Å². The van der Waals surface area contributed by atoms with Crippen LogP contribution in [-0.2, 0) is 27.7 Å². The van der Waals surface area contributed by atoms with Gasteiger partial charge >= 0.3 is 5.97 Å². The fraction of sp³-hybridized carbons (Fsp3) is 0.533. The van der Waals surface area contributed by atoms with Gasteiger partial charge < -0.3 is 5.11 Å². The number of aliphatic carboxylic acids is 1. The molecule has 1 saturated heterocycles. The van der Waals surface area contributed by atoms with Crippen molar-refractivity contribution in [1.82, 2.24) is 4.31 Å². The van der Waals surface area contributed by atoms with Crippen LogP contribution in [0, 0.1) is 0 Å². The predicted molar refractivity (Wildman–Crippen MR) is 79.7 cm³/mol. The first-order valence-electron chi connectivity index (χ1n) is 7.28. The fourth-order valence-corrected chi connectivity index (χ4v) is 4.55. The quantitative estimate of drug-likeness (QED) is 0.903. The second-order valence-electron chi connectivity index (χ2n) is 5.25. The summed E-state index contributed by atoms with van der Waals surface area (Å²) in [6, 6.07) is 4.17. The van der Waals surface area contributed by atoms with Crippen LogP contribution in [0.5, 0.6) is 0 Å². The third-order valence-electron chi connectivity index (χ3n) is 4.03. The Morgan fingerprint density at radius 2 is 1.95 bits per heavy atom. The zero-order chi connectivity index (χ0) is 15.6. The van der Waals surface area contributed by atoms with Crippen molar-refractivity contribution >= 4 is 16.0 Å². The number of carboxylic acids is 1. The number of nitrogens with zero attached hydrogens (tertiary/aromatic N) is 1. The summed E-state index contributed by atoms with van der Waals surface area (Å²) in [6.45, 7) is 4.29. The maximum absolute atomic E-state index is 12.7. The molecule has 2 rings (SSSR count). The van der Waals surface area contributed by atoms with Gasteiger partial charge in [-0.3, -0.25) is 4.79 Å². The van der Waals surface area contributed by atoms with E-state index in [0.717, 1.165) is 28.3 Å². The second-order valence-corrected chi connectivity index (χ2v) is 7.14. The van der Waals surface area contributed by atoms with Gasteiger partial charge in [0.2, 0.25) is 10.0 Å². The van der Waals surface area contributed by atoms with Gasteiger partial charge in [0, 0.05) is 6.54 Å². The Morgan fingerprint density at radius 3 is 2.52 bits per heavy atom. The monoisotopic (exact) mass is 311 g/mol. The van der Waals surface area contributed by atoms with Crippen molar-refractivity contribution in [3.05, 3.63) is 29.3 Å². The Balaban J connectivity index is 2.42. The van der Waals surface area contributed by atoms with E-state index in [1.807, 2.05) is 19.9 Å². The molecule has 116 valence electrons. The van der Waals surface area contributed by atoms with Gasteiger partial charge in [0.25, 0.3) is 0 Å². The first kappa shape index (κ1) is 16.0. The zero-order valence-corrected chi connectivity index (χ0v) is 13.2. The number of sulfonamides is 1. The average molecular weight is 311 g/mol. The van der Waals surface area contributed by atoms with Crippen molar-refractivity contribution in [2.75, 3.05) is 6.54 Å². The van der Waals surface area contributed by atoms with Gasteiger partial charge in [-0.2, -0.15) is 4.31 Å². The Bertz CT molecular complexity index is 639. The fourth-order valence-electron chi connectivity index (χ4n) is 2.85. The SMILES string of the molecule is CCc1ccc(S(=O)(=O)N2CCCC2C(=O)O)cc1CC. The van der Waals surface area contributed by atoms with Crippen molar-refractivity contribution in [3.8, 4) is 0 Å². The summed E-state index contributed by atoms with van der Waals surface area (Å²) >= 11 is 0. The number of hydrogen-bond acceptors (Lipinski definition) is 3. The van der Waals surface area contributed by atoms with Crippen LogP contribution in [0.1, 0.15) is 37.8 Å². The molecule has 0 radical (unpaired) electrons. The Kier molecular flexibility index (Phi) is 4.68. The molecule has 1 atom stereocenters. The smallest absolute Gasteiger partial charge is 0.322 e. The van der Waals surface area contributed by atoms with E-state index in [2.05, 4.69) is 0 Å².